The van der Waals surface area contributed by atoms with Crippen LogP contribution in [0.15, 0.2) is 44.9 Å². The molecule has 28 heavy (non-hydrogen) atoms. The fraction of sp³-hybridized carbons (Fsp3) is 0.300. The summed E-state index contributed by atoms with van der Waals surface area (Å²) in [6, 6.07) is 8.27. The molecule has 0 aliphatic carbocycles. The van der Waals surface area contributed by atoms with Crippen molar-refractivity contribution in [3.05, 3.63) is 63.0 Å². The van der Waals surface area contributed by atoms with Crippen molar-refractivity contribution in [2.24, 2.45) is 5.73 Å². The molecule has 3 N–H and O–H groups in total. The van der Waals surface area contributed by atoms with Crippen molar-refractivity contribution in [2.75, 3.05) is 7.11 Å². The lowest BCUT2D eigenvalue weighted by Gasteiger charge is -2.25. The van der Waals surface area contributed by atoms with Gasteiger partial charge in [-0.2, -0.15) is 5.26 Å². The molecule has 1 atom stereocenters. The summed E-state index contributed by atoms with van der Waals surface area (Å²) in [5.41, 5.74) is 6.07. The van der Waals surface area contributed by atoms with E-state index < -0.39 is 18.0 Å². The number of rotatable bonds is 5. The van der Waals surface area contributed by atoms with Crippen LogP contribution in [-0.2, 0) is 6.61 Å². The Morgan fingerprint density at radius 2 is 2.07 bits per heavy atom. The van der Waals surface area contributed by atoms with Gasteiger partial charge < -0.3 is 29.5 Å². The highest BCUT2D eigenvalue weighted by Crippen LogP contribution is 2.43. The van der Waals surface area contributed by atoms with Gasteiger partial charge in [-0.3, -0.25) is 4.79 Å². The average Bonchev–Trinajstić information content (AvgIpc) is 2.67. The summed E-state index contributed by atoms with van der Waals surface area (Å²) in [5, 5.41) is 19.0. The Balaban J connectivity index is 2.21. The summed E-state index contributed by atoms with van der Waals surface area (Å²) >= 11 is 0. The fourth-order valence-electron chi connectivity index (χ4n) is 3.01. The molecule has 146 valence electrons. The Bertz CT molecular complexity index is 1030. The minimum absolute atomic E-state index is 0.0566. The molecule has 0 bridgehead atoms. The van der Waals surface area contributed by atoms with Gasteiger partial charge in [0.2, 0.25) is 17.1 Å². The molecular formula is C20H20N2O6. The first-order chi connectivity index (χ1) is 13.4. The Kier molecular flexibility index (Phi) is 5.29. The second kappa shape index (κ2) is 7.66. The molecule has 0 fully saturated rings. The van der Waals surface area contributed by atoms with Crippen LogP contribution in [0.5, 0.6) is 17.2 Å². The number of aliphatic hydroxyl groups is 1. The number of methoxy groups -OCH3 is 1. The summed E-state index contributed by atoms with van der Waals surface area (Å²) in [5.74, 6) is 0.0645. The molecule has 0 radical (unpaired) electrons. The van der Waals surface area contributed by atoms with Crippen molar-refractivity contribution in [3.8, 4) is 23.3 Å². The average molecular weight is 384 g/mol. The summed E-state index contributed by atoms with van der Waals surface area (Å²) in [4.78, 5) is 12.4. The van der Waals surface area contributed by atoms with Crippen LogP contribution < -0.4 is 25.4 Å². The smallest absolute Gasteiger partial charge is 0.228 e. The van der Waals surface area contributed by atoms with E-state index in [0.717, 1.165) is 6.07 Å². The molecule has 1 aliphatic rings. The molecule has 8 heteroatoms. The van der Waals surface area contributed by atoms with E-state index in [2.05, 4.69) is 0 Å². The van der Waals surface area contributed by atoms with E-state index in [9.17, 15) is 15.2 Å². The predicted molar refractivity (Wildman–Crippen MR) is 99.0 cm³/mol. The van der Waals surface area contributed by atoms with Gasteiger partial charge in [0.15, 0.2) is 17.3 Å². The third kappa shape index (κ3) is 3.40. The van der Waals surface area contributed by atoms with Crippen molar-refractivity contribution in [2.45, 2.75) is 32.5 Å². The topological polar surface area (TPSA) is 128 Å². The van der Waals surface area contributed by atoms with Crippen LogP contribution in [0.25, 0.3) is 0 Å². The van der Waals surface area contributed by atoms with Crippen LogP contribution >= 0.6 is 0 Å². The number of ether oxygens (including phenoxy) is 3. The van der Waals surface area contributed by atoms with Crippen molar-refractivity contribution >= 4 is 0 Å². The van der Waals surface area contributed by atoms with E-state index in [-0.39, 0.29) is 34.8 Å². The molecule has 8 nitrogen and oxygen atoms in total. The Morgan fingerprint density at radius 3 is 2.68 bits per heavy atom. The van der Waals surface area contributed by atoms with E-state index in [1.165, 1.54) is 7.11 Å². The largest absolute Gasteiger partial charge is 0.493 e. The first kappa shape index (κ1) is 19.3. The van der Waals surface area contributed by atoms with Crippen LogP contribution in [0.1, 0.15) is 36.8 Å². The number of hydrogen-bond donors (Lipinski definition) is 2. The van der Waals surface area contributed by atoms with Gasteiger partial charge in [0.25, 0.3) is 0 Å². The van der Waals surface area contributed by atoms with Gasteiger partial charge in [0.1, 0.15) is 24.0 Å². The number of nitrogens with zero attached hydrogens (tertiary/aromatic N) is 1. The lowest BCUT2D eigenvalue weighted by atomic mass is 9.87. The van der Waals surface area contributed by atoms with Gasteiger partial charge >= 0.3 is 0 Å². The number of fused-ring (bicyclic) bond motifs is 1. The van der Waals surface area contributed by atoms with Crippen molar-refractivity contribution in [1.29, 1.82) is 5.26 Å². The maximum absolute atomic E-state index is 12.4. The molecule has 1 aliphatic heterocycles. The molecule has 2 aromatic rings. The number of nitrogens with two attached hydrogens (primary N) is 1. The number of aliphatic hydroxyl groups excluding tert-OH is 1. The normalized spacial score (nSPS) is 15.6. The SMILES string of the molecule is COc1cc([C@@H]2C(C#N)=C(N)Oc3c2oc(CO)cc3=O)ccc1OC(C)C. The second-order valence-corrected chi connectivity index (χ2v) is 6.43. The van der Waals surface area contributed by atoms with Gasteiger partial charge in [0, 0.05) is 6.07 Å². The zero-order chi connectivity index (χ0) is 20.4. The third-order valence-electron chi connectivity index (χ3n) is 4.17. The van der Waals surface area contributed by atoms with Crippen LogP contribution in [0.3, 0.4) is 0 Å². The number of nitriles is 1. The van der Waals surface area contributed by atoms with Crippen LogP contribution in [0, 0.1) is 11.3 Å². The Labute approximate surface area is 161 Å². The van der Waals surface area contributed by atoms with Crippen LogP contribution in [0.4, 0.5) is 0 Å². The molecule has 0 saturated carbocycles. The molecule has 0 saturated heterocycles. The maximum Gasteiger partial charge on any atom is 0.228 e. The molecular weight excluding hydrogens is 364 g/mol. The zero-order valence-corrected chi connectivity index (χ0v) is 15.7. The van der Waals surface area contributed by atoms with Crippen molar-refractivity contribution in [1.82, 2.24) is 0 Å². The first-order valence-electron chi connectivity index (χ1n) is 8.59. The fourth-order valence-corrected chi connectivity index (χ4v) is 3.01. The summed E-state index contributed by atoms with van der Waals surface area (Å²) in [6.07, 6.45) is -0.0566. The van der Waals surface area contributed by atoms with Crippen molar-refractivity contribution < 1.29 is 23.7 Å². The quantitative estimate of drug-likeness (QED) is 0.802. The monoisotopic (exact) mass is 384 g/mol. The maximum atomic E-state index is 12.4. The zero-order valence-electron chi connectivity index (χ0n) is 15.7. The van der Waals surface area contributed by atoms with Gasteiger partial charge in [-0.15, -0.1) is 0 Å². The van der Waals surface area contributed by atoms with E-state index in [1.54, 1.807) is 18.2 Å². The van der Waals surface area contributed by atoms with E-state index in [4.69, 9.17) is 24.4 Å². The number of benzene rings is 1. The molecule has 1 aromatic heterocycles. The first-order valence-corrected chi connectivity index (χ1v) is 8.59. The van der Waals surface area contributed by atoms with E-state index in [0.29, 0.717) is 17.1 Å². The standard InChI is InChI=1S/C20H20N2O6/c1-10(2)26-15-5-4-11(6-16(15)25-3)17-13(8-21)20(22)28-18-14(24)7-12(9-23)27-19(17)18/h4-7,10,17,23H,9,22H2,1-3H3/t17-/m1/s1. The highest BCUT2D eigenvalue weighted by atomic mass is 16.5. The summed E-state index contributed by atoms with van der Waals surface area (Å²) in [6.45, 7) is 3.32. The van der Waals surface area contributed by atoms with Gasteiger partial charge in [-0.25, -0.2) is 0 Å². The molecule has 3 rings (SSSR count). The molecule has 2 heterocycles. The minimum atomic E-state index is -0.796. The highest BCUT2D eigenvalue weighted by molar-refractivity contribution is 5.55. The minimum Gasteiger partial charge on any atom is -0.493 e. The number of hydrogen-bond acceptors (Lipinski definition) is 8. The van der Waals surface area contributed by atoms with Gasteiger partial charge in [0.05, 0.1) is 19.1 Å². The lowest BCUT2D eigenvalue weighted by Crippen LogP contribution is -2.25. The van der Waals surface area contributed by atoms with Crippen molar-refractivity contribution in [3.63, 3.8) is 0 Å². The van der Waals surface area contributed by atoms with Gasteiger partial charge in [-0.1, -0.05) is 6.07 Å². The highest BCUT2D eigenvalue weighted by Gasteiger charge is 2.35. The predicted octanol–water partition coefficient (Wildman–Crippen LogP) is 2.15. The molecule has 0 spiro atoms. The van der Waals surface area contributed by atoms with Crippen LogP contribution in [0.2, 0.25) is 0 Å². The summed E-state index contributed by atoms with van der Waals surface area (Å²) in [7, 11) is 1.50. The second-order valence-electron chi connectivity index (χ2n) is 6.43. The summed E-state index contributed by atoms with van der Waals surface area (Å²) < 4.78 is 22.1. The van der Waals surface area contributed by atoms with Crippen LogP contribution in [-0.4, -0.2) is 18.3 Å². The molecule has 1 aromatic carbocycles. The third-order valence-corrected chi connectivity index (χ3v) is 4.17. The lowest BCUT2D eigenvalue weighted by molar-refractivity contribution is 0.229. The van der Waals surface area contributed by atoms with Gasteiger partial charge in [-0.05, 0) is 31.5 Å². The van der Waals surface area contributed by atoms with E-state index >= 15 is 0 Å². The molecule has 0 amide bonds. The number of allylic oxidation sites excluding steroid dienone is 1. The Morgan fingerprint density at radius 1 is 1.32 bits per heavy atom. The van der Waals surface area contributed by atoms with E-state index in [1.807, 2.05) is 19.9 Å². The molecule has 0 unspecified atom stereocenters. The Hall–Kier alpha value is -3.44.